The first kappa shape index (κ1) is 16.2. The van der Waals surface area contributed by atoms with Crippen molar-refractivity contribution in [1.29, 1.82) is 0 Å². The SMILES string of the molecule is CC(C)(C)OC(=O)N1CCCNCCCNCCC1. The van der Waals surface area contributed by atoms with Crippen LogP contribution in [0, 0.1) is 0 Å². The number of hydrogen-bond donors (Lipinski definition) is 2. The number of ether oxygens (including phenoxy) is 1. The van der Waals surface area contributed by atoms with Gasteiger partial charge in [0.25, 0.3) is 0 Å². The van der Waals surface area contributed by atoms with Crippen molar-refractivity contribution >= 4 is 6.09 Å². The molecule has 1 rings (SSSR count). The molecule has 0 aromatic rings. The number of carbonyl (C=O) groups excluding carboxylic acids is 1. The van der Waals surface area contributed by atoms with Gasteiger partial charge in [-0.15, -0.1) is 0 Å². The highest BCUT2D eigenvalue weighted by Gasteiger charge is 2.21. The van der Waals surface area contributed by atoms with E-state index in [0.29, 0.717) is 0 Å². The van der Waals surface area contributed by atoms with E-state index in [2.05, 4.69) is 10.6 Å². The highest BCUT2D eigenvalue weighted by atomic mass is 16.6. The van der Waals surface area contributed by atoms with Crippen molar-refractivity contribution in [2.24, 2.45) is 0 Å². The van der Waals surface area contributed by atoms with Crippen LogP contribution in [0.15, 0.2) is 0 Å². The number of amides is 1. The number of rotatable bonds is 0. The summed E-state index contributed by atoms with van der Waals surface area (Å²) in [6, 6.07) is 0. The summed E-state index contributed by atoms with van der Waals surface area (Å²) in [6.07, 6.45) is 2.93. The first-order valence-electron chi connectivity index (χ1n) is 7.38. The van der Waals surface area contributed by atoms with Crippen LogP contribution in [0.25, 0.3) is 0 Å². The van der Waals surface area contributed by atoms with Crippen LogP contribution < -0.4 is 10.6 Å². The Kier molecular flexibility index (Phi) is 7.16. The molecule has 0 spiro atoms. The number of hydrogen-bond acceptors (Lipinski definition) is 4. The van der Waals surface area contributed by atoms with Gasteiger partial charge in [-0.1, -0.05) is 0 Å². The fourth-order valence-corrected chi connectivity index (χ4v) is 2.00. The average Bonchev–Trinajstić information content (AvgIpc) is 2.27. The van der Waals surface area contributed by atoms with Crippen molar-refractivity contribution in [2.45, 2.75) is 45.6 Å². The zero-order chi connectivity index (χ0) is 14.1. The van der Waals surface area contributed by atoms with Crippen molar-refractivity contribution in [1.82, 2.24) is 15.5 Å². The van der Waals surface area contributed by atoms with Crippen molar-refractivity contribution in [3.8, 4) is 0 Å². The van der Waals surface area contributed by atoms with Crippen molar-refractivity contribution in [3.63, 3.8) is 0 Å². The maximum Gasteiger partial charge on any atom is 0.410 e. The molecule has 0 aromatic heterocycles. The fraction of sp³-hybridized carbons (Fsp3) is 0.929. The lowest BCUT2D eigenvalue weighted by Gasteiger charge is -2.27. The quantitative estimate of drug-likeness (QED) is 0.702. The lowest BCUT2D eigenvalue weighted by Crippen LogP contribution is -2.40. The molecule has 5 heteroatoms. The Bertz CT molecular complexity index is 252. The summed E-state index contributed by atoms with van der Waals surface area (Å²) in [5, 5.41) is 6.78. The highest BCUT2D eigenvalue weighted by molar-refractivity contribution is 5.68. The predicted octanol–water partition coefficient (Wildman–Crippen LogP) is 1.59. The van der Waals surface area contributed by atoms with Crippen LogP contribution in [0.5, 0.6) is 0 Å². The van der Waals surface area contributed by atoms with Crippen LogP contribution in [-0.4, -0.2) is 55.9 Å². The van der Waals surface area contributed by atoms with Gasteiger partial charge in [0.2, 0.25) is 0 Å². The Morgan fingerprint density at radius 1 is 0.947 bits per heavy atom. The van der Waals surface area contributed by atoms with Crippen molar-refractivity contribution in [3.05, 3.63) is 0 Å². The van der Waals surface area contributed by atoms with Crippen LogP contribution >= 0.6 is 0 Å². The normalized spacial score (nSPS) is 20.3. The second kappa shape index (κ2) is 8.38. The van der Waals surface area contributed by atoms with Gasteiger partial charge < -0.3 is 20.3 Å². The Morgan fingerprint density at radius 3 is 1.89 bits per heavy atom. The standard InChI is InChI=1S/C14H29N3O2/c1-14(2,3)19-13(18)17-11-5-9-15-7-4-8-16-10-6-12-17/h15-16H,4-12H2,1-3H3. The number of nitrogens with one attached hydrogen (secondary N) is 2. The van der Waals surface area contributed by atoms with Crippen LogP contribution in [0.4, 0.5) is 4.79 Å². The molecule has 1 aliphatic heterocycles. The summed E-state index contributed by atoms with van der Waals surface area (Å²) >= 11 is 0. The molecule has 0 aliphatic carbocycles. The molecule has 2 N–H and O–H groups in total. The molecule has 1 fully saturated rings. The molecular weight excluding hydrogens is 242 g/mol. The second-order valence-electron chi connectivity index (χ2n) is 6.03. The molecule has 1 heterocycles. The molecule has 0 atom stereocenters. The Labute approximate surface area is 117 Å². The summed E-state index contributed by atoms with van der Waals surface area (Å²) in [4.78, 5) is 13.9. The minimum Gasteiger partial charge on any atom is -0.444 e. The minimum atomic E-state index is -0.419. The third-order valence-electron chi connectivity index (χ3n) is 2.92. The van der Waals surface area contributed by atoms with Gasteiger partial charge in [0, 0.05) is 13.1 Å². The molecule has 1 saturated heterocycles. The van der Waals surface area contributed by atoms with Gasteiger partial charge in [0.15, 0.2) is 0 Å². The van der Waals surface area contributed by atoms with Gasteiger partial charge in [-0.25, -0.2) is 4.79 Å². The van der Waals surface area contributed by atoms with E-state index < -0.39 is 5.60 Å². The van der Waals surface area contributed by atoms with Gasteiger partial charge in [0.1, 0.15) is 5.60 Å². The maximum absolute atomic E-state index is 12.1. The molecule has 0 bridgehead atoms. The van der Waals surface area contributed by atoms with Gasteiger partial charge in [-0.05, 0) is 66.2 Å². The topological polar surface area (TPSA) is 53.6 Å². The van der Waals surface area contributed by atoms with Crippen LogP contribution in [0.3, 0.4) is 0 Å². The number of nitrogens with zero attached hydrogens (tertiary/aromatic N) is 1. The predicted molar refractivity (Wildman–Crippen MR) is 77.4 cm³/mol. The first-order chi connectivity index (χ1) is 8.99. The summed E-state index contributed by atoms with van der Waals surface area (Å²) in [7, 11) is 0. The van der Waals surface area contributed by atoms with Crippen LogP contribution in [0.2, 0.25) is 0 Å². The second-order valence-corrected chi connectivity index (χ2v) is 6.03. The molecule has 5 nitrogen and oxygen atoms in total. The van der Waals surface area contributed by atoms with Crippen LogP contribution in [-0.2, 0) is 4.74 Å². The largest absolute Gasteiger partial charge is 0.444 e. The summed E-state index contributed by atoms with van der Waals surface area (Å²) in [5.74, 6) is 0. The summed E-state index contributed by atoms with van der Waals surface area (Å²) in [5.41, 5.74) is -0.419. The summed E-state index contributed by atoms with van der Waals surface area (Å²) in [6.45, 7) is 11.3. The van der Waals surface area contributed by atoms with Gasteiger partial charge >= 0.3 is 6.09 Å². The van der Waals surface area contributed by atoms with E-state index >= 15 is 0 Å². The van der Waals surface area contributed by atoms with Gasteiger partial charge in [0.05, 0.1) is 0 Å². The van der Waals surface area contributed by atoms with Crippen molar-refractivity contribution < 1.29 is 9.53 Å². The number of carbonyl (C=O) groups is 1. The highest BCUT2D eigenvalue weighted by Crippen LogP contribution is 2.10. The zero-order valence-corrected chi connectivity index (χ0v) is 12.6. The van der Waals surface area contributed by atoms with Crippen LogP contribution in [0.1, 0.15) is 40.0 Å². The Morgan fingerprint density at radius 2 is 1.42 bits per heavy atom. The van der Waals surface area contributed by atoms with E-state index in [9.17, 15) is 4.79 Å². The Hall–Kier alpha value is -0.810. The maximum atomic E-state index is 12.1. The lowest BCUT2D eigenvalue weighted by atomic mass is 10.2. The van der Waals surface area contributed by atoms with E-state index in [1.807, 2.05) is 25.7 Å². The van der Waals surface area contributed by atoms with E-state index in [0.717, 1.165) is 58.5 Å². The lowest BCUT2D eigenvalue weighted by molar-refractivity contribution is 0.0246. The fourth-order valence-electron chi connectivity index (χ4n) is 2.00. The molecule has 19 heavy (non-hydrogen) atoms. The molecule has 0 saturated carbocycles. The molecular formula is C14H29N3O2. The monoisotopic (exact) mass is 271 g/mol. The minimum absolute atomic E-state index is 0.190. The molecule has 0 unspecified atom stereocenters. The van der Waals surface area contributed by atoms with E-state index in [-0.39, 0.29) is 6.09 Å². The van der Waals surface area contributed by atoms with Gasteiger partial charge in [-0.3, -0.25) is 0 Å². The Balaban J connectivity index is 2.44. The first-order valence-corrected chi connectivity index (χ1v) is 7.38. The zero-order valence-electron chi connectivity index (χ0n) is 12.6. The summed E-state index contributed by atoms with van der Waals surface area (Å²) < 4.78 is 5.45. The molecule has 1 aliphatic rings. The molecule has 0 aromatic carbocycles. The average molecular weight is 271 g/mol. The van der Waals surface area contributed by atoms with Gasteiger partial charge in [-0.2, -0.15) is 0 Å². The van der Waals surface area contributed by atoms with Crippen molar-refractivity contribution in [2.75, 3.05) is 39.3 Å². The van der Waals surface area contributed by atoms with E-state index in [4.69, 9.17) is 4.74 Å². The van der Waals surface area contributed by atoms with E-state index in [1.54, 1.807) is 0 Å². The van der Waals surface area contributed by atoms with E-state index in [1.165, 1.54) is 0 Å². The molecule has 112 valence electrons. The molecule has 0 radical (unpaired) electrons. The third kappa shape index (κ3) is 8.06. The smallest absolute Gasteiger partial charge is 0.410 e. The third-order valence-corrected chi connectivity index (χ3v) is 2.92. The molecule has 1 amide bonds.